The minimum Gasteiger partial charge on any atom is -0.385 e. The first kappa shape index (κ1) is 22.6. The molecule has 0 radical (unpaired) electrons. The van der Waals surface area contributed by atoms with Crippen LogP contribution in [0, 0.1) is 5.82 Å². The fraction of sp³-hybridized carbons (Fsp3) is 0.391. The van der Waals surface area contributed by atoms with E-state index in [9.17, 15) is 14.0 Å². The Morgan fingerprint density at radius 1 is 1.07 bits per heavy atom. The Balaban J connectivity index is 2.05. The maximum atomic E-state index is 13.2. The lowest BCUT2D eigenvalue weighted by Crippen LogP contribution is -2.48. The number of halogens is 1. The normalized spacial score (nSPS) is 11.7. The molecule has 0 saturated heterocycles. The van der Waals surface area contributed by atoms with Gasteiger partial charge in [-0.25, -0.2) is 4.39 Å². The largest absolute Gasteiger partial charge is 0.385 e. The number of hydrogen-bond donors (Lipinski definition) is 1. The van der Waals surface area contributed by atoms with Crippen LogP contribution >= 0.6 is 0 Å². The fourth-order valence-corrected chi connectivity index (χ4v) is 2.98. The topological polar surface area (TPSA) is 58.6 Å². The van der Waals surface area contributed by atoms with Crippen molar-refractivity contribution in [3.63, 3.8) is 0 Å². The van der Waals surface area contributed by atoms with E-state index in [0.29, 0.717) is 32.4 Å². The second-order valence-electron chi connectivity index (χ2n) is 6.95. The standard InChI is InChI=1S/C23H29FN2O3/c1-18(23(28)25-15-6-16-29-2)26(17-20-9-12-21(24)13-10-20)22(27)14-11-19-7-4-3-5-8-19/h3-5,7-10,12-13,18H,6,11,14-17H2,1-2H3,(H,25,28). The molecule has 5 nitrogen and oxygen atoms in total. The van der Waals surface area contributed by atoms with E-state index in [4.69, 9.17) is 4.74 Å². The molecule has 2 aromatic carbocycles. The molecular formula is C23H29FN2O3. The summed E-state index contributed by atoms with van der Waals surface area (Å²) in [6.45, 7) is 3.01. The summed E-state index contributed by atoms with van der Waals surface area (Å²) in [5, 5.41) is 2.85. The first-order chi connectivity index (χ1) is 14.0. The van der Waals surface area contributed by atoms with E-state index in [0.717, 1.165) is 11.1 Å². The summed E-state index contributed by atoms with van der Waals surface area (Å²) in [7, 11) is 1.61. The number of rotatable bonds is 11. The van der Waals surface area contributed by atoms with E-state index >= 15 is 0 Å². The molecule has 0 spiro atoms. The molecule has 1 N–H and O–H groups in total. The zero-order chi connectivity index (χ0) is 21.1. The van der Waals surface area contributed by atoms with Crippen LogP contribution in [0.4, 0.5) is 4.39 Å². The van der Waals surface area contributed by atoms with Gasteiger partial charge in [0, 0.05) is 33.2 Å². The third-order valence-corrected chi connectivity index (χ3v) is 4.73. The van der Waals surface area contributed by atoms with E-state index in [1.807, 2.05) is 30.3 Å². The van der Waals surface area contributed by atoms with Crippen molar-refractivity contribution in [1.29, 1.82) is 0 Å². The SMILES string of the molecule is COCCCNC(=O)C(C)N(Cc1ccc(F)cc1)C(=O)CCc1ccccc1. The van der Waals surface area contributed by atoms with Crippen LogP contribution in [0.15, 0.2) is 54.6 Å². The molecule has 29 heavy (non-hydrogen) atoms. The Kier molecular flexibility index (Phi) is 9.31. The van der Waals surface area contributed by atoms with Gasteiger partial charge in [0.05, 0.1) is 0 Å². The first-order valence-electron chi connectivity index (χ1n) is 9.85. The summed E-state index contributed by atoms with van der Waals surface area (Å²) in [5.41, 5.74) is 1.85. The van der Waals surface area contributed by atoms with Crippen molar-refractivity contribution < 1.29 is 18.7 Å². The van der Waals surface area contributed by atoms with E-state index in [1.165, 1.54) is 12.1 Å². The Morgan fingerprint density at radius 2 is 1.76 bits per heavy atom. The summed E-state index contributed by atoms with van der Waals surface area (Å²) < 4.78 is 18.2. The molecule has 2 amide bonds. The first-order valence-corrected chi connectivity index (χ1v) is 9.85. The summed E-state index contributed by atoms with van der Waals surface area (Å²) >= 11 is 0. The van der Waals surface area contributed by atoms with Gasteiger partial charge in [-0.1, -0.05) is 42.5 Å². The Labute approximate surface area is 171 Å². The van der Waals surface area contributed by atoms with E-state index < -0.39 is 6.04 Å². The van der Waals surface area contributed by atoms with E-state index in [1.54, 1.807) is 31.1 Å². The van der Waals surface area contributed by atoms with Crippen LogP contribution < -0.4 is 5.32 Å². The van der Waals surface area contributed by atoms with Crippen molar-refractivity contribution in [1.82, 2.24) is 10.2 Å². The van der Waals surface area contributed by atoms with Gasteiger partial charge in [0.25, 0.3) is 0 Å². The van der Waals surface area contributed by atoms with Crippen molar-refractivity contribution in [3.05, 3.63) is 71.5 Å². The third kappa shape index (κ3) is 7.66. The lowest BCUT2D eigenvalue weighted by molar-refractivity contribution is -0.140. The molecule has 2 rings (SSSR count). The van der Waals surface area contributed by atoms with Crippen molar-refractivity contribution in [3.8, 4) is 0 Å². The summed E-state index contributed by atoms with van der Waals surface area (Å²) in [6.07, 6.45) is 1.60. The highest BCUT2D eigenvalue weighted by atomic mass is 19.1. The zero-order valence-electron chi connectivity index (χ0n) is 17.1. The van der Waals surface area contributed by atoms with Gasteiger partial charge in [0.2, 0.25) is 11.8 Å². The average Bonchev–Trinajstić information content (AvgIpc) is 2.74. The predicted octanol–water partition coefficient (Wildman–Crippen LogP) is 3.33. The zero-order valence-corrected chi connectivity index (χ0v) is 17.1. The monoisotopic (exact) mass is 400 g/mol. The second-order valence-corrected chi connectivity index (χ2v) is 6.95. The molecule has 0 aliphatic carbocycles. The maximum absolute atomic E-state index is 13.2. The van der Waals surface area contributed by atoms with E-state index in [2.05, 4.69) is 5.32 Å². The maximum Gasteiger partial charge on any atom is 0.242 e. The van der Waals surface area contributed by atoms with Crippen LogP contribution in [-0.4, -0.2) is 43.0 Å². The Hall–Kier alpha value is -2.73. The molecule has 1 unspecified atom stereocenters. The lowest BCUT2D eigenvalue weighted by atomic mass is 10.1. The van der Waals surface area contributed by atoms with Crippen molar-refractivity contribution in [2.24, 2.45) is 0 Å². The number of amides is 2. The number of aryl methyl sites for hydroxylation is 1. The smallest absolute Gasteiger partial charge is 0.242 e. The Bertz CT molecular complexity index is 765. The van der Waals surface area contributed by atoms with Gasteiger partial charge in [0.1, 0.15) is 11.9 Å². The van der Waals surface area contributed by atoms with Gasteiger partial charge < -0.3 is 15.0 Å². The van der Waals surface area contributed by atoms with E-state index in [-0.39, 0.29) is 24.2 Å². The molecule has 156 valence electrons. The number of methoxy groups -OCH3 is 1. The molecule has 1 atom stereocenters. The molecule has 6 heteroatoms. The quantitative estimate of drug-likeness (QED) is 0.589. The van der Waals surface area contributed by atoms with Gasteiger partial charge >= 0.3 is 0 Å². The van der Waals surface area contributed by atoms with Gasteiger partial charge in [-0.05, 0) is 43.0 Å². The number of benzene rings is 2. The molecule has 0 heterocycles. The van der Waals surface area contributed by atoms with Crippen LogP contribution in [-0.2, 0) is 27.3 Å². The molecule has 0 bridgehead atoms. The summed E-state index contributed by atoms with van der Waals surface area (Å²) in [6, 6.07) is 15.1. The summed E-state index contributed by atoms with van der Waals surface area (Å²) in [5.74, 6) is -0.659. The van der Waals surface area contributed by atoms with Crippen LogP contribution in [0.2, 0.25) is 0 Å². The molecule has 0 aliphatic rings. The van der Waals surface area contributed by atoms with Gasteiger partial charge in [-0.2, -0.15) is 0 Å². The number of hydrogen-bond acceptors (Lipinski definition) is 3. The number of ether oxygens (including phenoxy) is 1. The van der Waals surface area contributed by atoms with Gasteiger partial charge in [-0.15, -0.1) is 0 Å². The number of nitrogens with zero attached hydrogens (tertiary/aromatic N) is 1. The van der Waals surface area contributed by atoms with Crippen LogP contribution in [0.5, 0.6) is 0 Å². The molecule has 0 aliphatic heterocycles. The molecule has 0 aromatic heterocycles. The van der Waals surface area contributed by atoms with Crippen molar-refractivity contribution in [2.45, 2.75) is 38.8 Å². The fourth-order valence-electron chi connectivity index (χ4n) is 2.98. The number of carbonyl (C=O) groups excluding carboxylic acids is 2. The molecule has 0 fully saturated rings. The highest BCUT2D eigenvalue weighted by molar-refractivity contribution is 5.87. The van der Waals surface area contributed by atoms with Crippen LogP contribution in [0.3, 0.4) is 0 Å². The highest BCUT2D eigenvalue weighted by Gasteiger charge is 2.25. The highest BCUT2D eigenvalue weighted by Crippen LogP contribution is 2.13. The van der Waals surface area contributed by atoms with Gasteiger partial charge in [-0.3, -0.25) is 9.59 Å². The lowest BCUT2D eigenvalue weighted by Gasteiger charge is -2.29. The third-order valence-electron chi connectivity index (χ3n) is 4.73. The average molecular weight is 400 g/mol. The molecular weight excluding hydrogens is 371 g/mol. The predicted molar refractivity (Wildman–Crippen MR) is 111 cm³/mol. The molecule has 2 aromatic rings. The number of nitrogens with one attached hydrogen (secondary N) is 1. The Morgan fingerprint density at radius 3 is 2.41 bits per heavy atom. The van der Waals surface area contributed by atoms with Crippen LogP contribution in [0.25, 0.3) is 0 Å². The van der Waals surface area contributed by atoms with Gasteiger partial charge in [0.15, 0.2) is 0 Å². The molecule has 0 saturated carbocycles. The van der Waals surface area contributed by atoms with Crippen molar-refractivity contribution >= 4 is 11.8 Å². The second kappa shape index (κ2) is 12.0. The number of carbonyl (C=O) groups is 2. The summed E-state index contributed by atoms with van der Waals surface area (Å²) in [4.78, 5) is 27.1. The minimum absolute atomic E-state index is 0.113. The van der Waals surface area contributed by atoms with Crippen LogP contribution in [0.1, 0.15) is 30.9 Å². The minimum atomic E-state index is -0.633. The van der Waals surface area contributed by atoms with Crippen molar-refractivity contribution in [2.75, 3.05) is 20.3 Å².